The zero-order chi connectivity index (χ0) is 8.85. The summed E-state index contributed by atoms with van der Waals surface area (Å²) in [5.41, 5.74) is 0.170. The molecule has 0 rings (SSSR count). The molecule has 0 radical (unpaired) electrons. The molecule has 60 valence electrons. The molecule has 0 heterocycles. The number of nitrogens with one attached hydrogen (secondary N) is 1. The topological polar surface area (TPSA) is 67.2 Å². The predicted molar refractivity (Wildman–Crippen MR) is 39.3 cm³/mol. The molecule has 0 aliphatic rings. The molecule has 0 unspecified atom stereocenters. The molecule has 0 aromatic heterocycles. The molecule has 0 amide bonds. The second-order valence-corrected chi connectivity index (χ2v) is 1.95. The Balaban J connectivity index is 3.85. The molecule has 11 heavy (non-hydrogen) atoms. The van der Waals surface area contributed by atoms with Crippen LogP contribution in [0.25, 0.3) is 0 Å². The van der Waals surface area contributed by atoms with Crippen LogP contribution in [0.4, 0.5) is 0 Å². The van der Waals surface area contributed by atoms with Crippen LogP contribution in [-0.4, -0.2) is 18.2 Å². The Morgan fingerprint density at radius 3 is 2.55 bits per heavy atom. The van der Waals surface area contributed by atoms with Crippen LogP contribution in [0.15, 0.2) is 12.2 Å². The van der Waals surface area contributed by atoms with Crippen molar-refractivity contribution in [3.05, 3.63) is 12.2 Å². The van der Waals surface area contributed by atoms with Gasteiger partial charge in [-0.15, -0.1) is 0 Å². The summed E-state index contributed by atoms with van der Waals surface area (Å²) >= 11 is 0. The first kappa shape index (κ1) is 9.55. The maximum absolute atomic E-state index is 10.6. The Morgan fingerprint density at radius 2 is 2.18 bits per heavy atom. The van der Waals surface area contributed by atoms with E-state index < -0.39 is 11.9 Å². The van der Waals surface area contributed by atoms with Crippen molar-refractivity contribution < 1.29 is 14.3 Å². The second kappa shape index (κ2) is 4.38. The van der Waals surface area contributed by atoms with Gasteiger partial charge >= 0.3 is 11.9 Å². The summed E-state index contributed by atoms with van der Waals surface area (Å²) in [7, 11) is 0. The van der Waals surface area contributed by atoms with Crippen LogP contribution in [0, 0.1) is 5.41 Å². The van der Waals surface area contributed by atoms with E-state index in [9.17, 15) is 9.59 Å². The number of ether oxygens (including phenoxy) is 1. The van der Waals surface area contributed by atoms with E-state index in [4.69, 9.17) is 5.41 Å². The van der Waals surface area contributed by atoms with E-state index in [1.807, 2.05) is 0 Å². The first-order valence-corrected chi connectivity index (χ1v) is 2.97. The Labute approximate surface area is 64.4 Å². The zero-order valence-electron chi connectivity index (χ0n) is 6.22. The minimum absolute atomic E-state index is 0.170. The highest BCUT2D eigenvalue weighted by molar-refractivity contribution is 5.98. The molecule has 0 aromatic carbocycles. The fourth-order valence-electron chi connectivity index (χ4n) is 0.316. The molecule has 0 spiro atoms. The van der Waals surface area contributed by atoms with Crippen LogP contribution < -0.4 is 0 Å². The van der Waals surface area contributed by atoms with Gasteiger partial charge in [-0.3, -0.25) is 4.79 Å². The number of esters is 2. The lowest BCUT2D eigenvalue weighted by atomic mass is 10.4. The number of hydrogen-bond acceptors (Lipinski definition) is 4. The fourth-order valence-corrected chi connectivity index (χ4v) is 0.316. The summed E-state index contributed by atoms with van der Waals surface area (Å²) < 4.78 is 4.22. The first-order chi connectivity index (χ1) is 5.07. The van der Waals surface area contributed by atoms with Crippen molar-refractivity contribution in [2.24, 2.45) is 0 Å². The standard InChI is InChI=1S/C7H9NO3/c1-5(2)7(10)11-6(9)3-4-8/h4,8H,1,3H2,2H3. The van der Waals surface area contributed by atoms with Gasteiger partial charge in [0.25, 0.3) is 0 Å². The zero-order valence-corrected chi connectivity index (χ0v) is 6.22. The summed E-state index contributed by atoms with van der Waals surface area (Å²) in [4.78, 5) is 21.1. The molecular formula is C7H9NO3. The molecule has 0 fully saturated rings. The van der Waals surface area contributed by atoms with E-state index in [1.165, 1.54) is 6.92 Å². The highest BCUT2D eigenvalue weighted by Crippen LogP contribution is 1.93. The molecule has 0 saturated carbocycles. The maximum atomic E-state index is 10.6. The lowest BCUT2D eigenvalue weighted by Gasteiger charge is -1.97. The van der Waals surface area contributed by atoms with Crippen molar-refractivity contribution in [1.29, 1.82) is 5.41 Å². The Bertz CT molecular complexity index is 208. The molecule has 4 heteroatoms. The van der Waals surface area contributed by atoms with Crippen molar-refractivity contribution in [1.82, 2.24) is 0 Å². The van der Waals surface area contributed by atoms with E-state index in [2.05, 4.69) is 11.3 Å². The number of carbonyl (C=O) groups excluding carboxylic acids is 2. The van der Waals surface area contributed by atoms with Gasteiger partial charge < -0.3 is 10.1 Å². The van der Waals surface area contributed by atoms with E-state index in [-0.39, 0.29) is 12.0 Å². The van der Waals surface area contributed by atoms with Crippen LogP contribution >= 0.6 is 0 Å². The van der Waals surface area contributed by atoms with Crippen molar-refractivity contribution in [2.45, 2.75) is 13.3 Å². The molecule has 0 aromatic rings. The minimum atomic E-state index is -0.739. The van der Waals surface area contributed by atoms with Gasteiger partial charge in [-0.25, -0.2) is 4.79 Å². The molecule has 0 saturated heterocycles. The highest BCUT2D eigenvalue weighted by Gasteiger charge is 2.08. The summed E-state index contributed by atoms with van der Waals surface area (Å²) in [5.74, 6) is -1.47. The van der Waals surface area contributed by atoms with Gasteiger partial charge in [-0.05, 0) is 6.92 Å². The lowest BCUT2D eigenvalue weighted by molar-refractivity contribution is -0.155. The molecular weight excluding hydrogens is 146 g/mol. The van der Waals surface area contributed by atoms with Crippen LogP contribution in [0.3, 0.4) is 0 Å². The summed E-state index contributed by atoms with van der Waals surface area (Å²) in [6.07, 6.45) is 0.688. The summed E-state index contributed by atoms with van der Waals surface area (Å²) in [6, 6.07) is 0. The first-order valence-electron chi connectivity index (χ1n) is 2.97. The Morgan fingerprint density at radius 1 is 1.64 bits per heavy atom. The molecule has 1 N–H and O–H groups in total. The van der Waals surface area contributed by atoms with Crippen molar-refractivity contribution in [3.8, 4) is 0 Å². The predicted octanol–water partition coefficient (Wildman–Crippen LogP) is 0.672. The van der Waals surface area contributed by atoms with E-state index in [0.717, 1.165) is 6.21 Å². The average molecular weight is 155 g/mol. The third kappa shape index (κ3) is 4.02. The van der Waals surface area contributed by atoms with E-state index in [1.54, 1.807) is 0 Å². The van der Waals surface area contributed by atoms with E-state index in [0.29, 0.717) is 0 Å². The third-order valence-corrected chi connectivity index (χ3v) is 0.824. The smallest absolute Gasteiger partial charge is 0.340 e. The van der Waals surface area contributed by atoms with Gasteiger partial charge in [0.2, 0.25) is 0 Å². The SMILES string of the molecule is C=C(C)C(=O)OC(=O)CC=N. The molecule has 0 bridgehead atoms. The van der Waals surface area contributed by atoms with Gasteiger partial charge in [0, 0.05) is 11.8 Å². The second-order valence-electron chi connectivity index (χ2n) is 1.95. The number of hydrogen-bond donors (Lipinski definition) is 1. The van der Waals surface area contributed by atoms with Crippen LogP contribution in [-0.2, 0) is 14.3 Å². The van der Waals surface area contributed by atoms with Gasteiger partial charge in [0.1, 0.15) is 0 Å². The van der Waals surface area contributed by atoms with Crippen LogP contribution in [0.5, 0.6) is 0 Å². The number of carbonyl (C=O) groups is 2. The Hall–Kier alpha value is -1.45. The van der Waals surface area contributed by atoms with E-state index >= 15 is 0 Å². The maximum Gasteiger partial charge on any atom is 0.340 e. The summed E-state index contributed by atoms with van der Waals surface area (Å²) in [6.45, 7) is 4.73. The van der Waals surface area contributed by atoms with Crippen molar-refractivity contribution in [2.75, 3.05) is 0 Å². The third-order valence-electron chi connectivity index (χ3n) is 0.824. The Kier molecular flexibility index (Phi) is 3.80. The molecule has 0 aliphatic heterocycles. The quantitative estimate of drug-likeness (QED) is 0.282. The normalized spacial score (nSPS) is 8.45. The minimum Gasteiger partial charge on any atom is -0.389 e. The summed E-state index contributed by atoms with van der Waals surface area (Å²) in [5, 5.41) is 6.53. The monoisotopic (exact) mass is 155 g/mol. The average Bonchev–Trinajstić information content (AvgIpc) is 1.87. The molecule has 0 aliphatic carbocycles. The highest BCUT2D eigenvalue weighted by atomic mass is 16.6. The van der Waals surface area contributed by atoms with Crippen LogP contribution in [0.1, 0.15) is 13.3 Å². The van der Waals surface area contributed by atoms with Gasteiger partial charge in [-0.1, -0.05) is 6.58 Å². The van der Waals surface area contributed by atoms with Crippen LogP contribution in [0.2, 0.25) is 0 Å². The van der Waals surface area contributed by atoms with Gasteiger partial charge in [-0.2, -0.15) is 0 Å². The van der Waals surface area contributed by atoms with Crippen molar-refractivity contribution in [3.63, 3.8) is 0 Å². The van der Waals surface area contributed by atoms with Gasteiger partial charge in [0.15, 0.2) is 0 Å². The largest absolute Gasteiger partial charge is 0.389 e. The van der Waals surface area contributed by atoms with Gasteiger partial charge in [0.05, 0.1) is 6.42 Å². The number of rotatable bonds is 3. The fraction of sp³-hybridized carbons (Fsp3) is 0.286. The van der Waals surface area contributed by atoms with Crippen molar-refractivity contribution >= 4 is 18.2 Å². The molecule has 0 atom stereocenters. The lowest BCUT2D eigenvalue weighted by Crippen LogP contribution is -2.12. The molecule has 4 nitrogen and oxygen atoms in total.